The summed E-state index contributed by atoms with van der Waals surface area (Å²) in [7, 11) is -0.701. The summed E-state index contributed by atoms with van der Waals surface area (Å²) in [4.78, 5) is 0. The number of rotatable bonds is 5. The topological polar surface area (TPSA) is 0 Å². The van der Waals surface area contributed by atoms with Crippen LogP contribution < -0.4 is 15.9 Å². The van der Waals surface area contributed by atoms with E-state index in [1.54, 1.807) is 0 Å². The normalized spacial score (nSPS) is 13.1. The zero-order valence-electron chi connectivity index (χ0n) is 20.3. The number of benzene rings is 5. The van der Waals surface area contributed by atoms with E-state index in [2.05, 4.69) is 129 Å². The van der Waals surface area contributed by atoms with Crippen LogP contribution in [0.4, 0.5) is 0 Å². The molecule has 0 fully saturated rings. The number of aryl methyl sites for hydroxylation is 2. The summed E-state index contributed by atoms with van der Waals surface area (Å²) in [5.41, 5.74) is 8.46. The number of hydrogen-bond acceptors (Lipinski definition) is 0. The minimum absolute atomic E-state index is 0.701. The fourth-order valence-electron chi connectivity index (χ4n) is 5.54. The van der Waals surface area contributed by atoms with E-state index in [1.165, 1.54) is 60.1 Å². The molecule has 0 bridgehead atoms. The summed E-state index contributed by atoms with van der Waals surface area (Å²) in [6.07, 6.45) is 4.55. The average Bonchev–Trinajstić information content (AvgIpc) is 3.34. The van der Waals surface area contributed by atoms with Gasteiger partial charge in [-0.05, 0) is 94.7 Å². The highest BCUT2D eigenvalue weighted by atomic mass is 31.1. The van der Waals surface area contributed by atoms with Crippen LogP contribution in [0.2, 0.25) is 0 Å². The Labute approximate surface area is 209 Å². The highest BCUT2D eigenvalue weighted by Gasteiger charge is 2.25. The predicted octanol–water partition coefficient (Wildman–Crippen LogP) is 7.79. The van der Waals surface area contributed by atoms with Crippen molar-refractivity contribution in [3.05, 3.63) is 132 Å². The van der Waals surface area contributed by atoms with Gasteiger partial charge >= 0.3 is 0 Å². The number of allylic oxidation sites excluding steroid dienone is 2. The van der Waals surface area contributed by atoms with Crippen molar-refractivity contribution in [3.8, 4) is 11.1 Å². The quantitative estimate of drug-likeness (QED) is 0.231. The van der Waals surface area contributed by atoms with Gasteiger partial charge in [-0.3, -0.25) is 0 Å². The van der Waals surface area contributed by atoms with E-state index < -0.39 is 7.92 Å². The van der Waals surface area contributed by atoms with E-state index in [1.807, 2.05) is 0 Å². The minimum Gasteiger partial charge on any atom is -0.0841 e. The standard InChI is InChI=1S/C34H29P/c1-3-24(2)31-23-26-22-21-25-13-12-19-30(33(25)26)34(31)29-18-10-11-20-32(29)35(27-14-6-4-7-15-27)28-16-8-5-9-17-28/h3-20,23H,21-22H2,1-2H3. The molecular weight excluding hydrogens is 439 g/mol. The molecule has 0 unspecified atom stereocenters. The first-order valence-electron chi connectivity index (χ1n) is 12.5. The van der Waals surface area contributed by atoms with Crippen LogP contribution in [-0.2, 0) is 12.8 Å². The monoisotopic (exact) mass is 468 g/mol. The third kappa shape index (κ3) is 3.83. The van der Waals surface area contributed by atoms with Gasteiger partial charge in [0.1, 0.15) is 0 Å². The highest BCUT2D eigenvalue weighted by molar-refractivity contribution is 7.80. The molecule has 0 atom stereocenters. The van der Waals surface area contributed by atoms with E-state index in [9.17, 15) is 0 Å². The maximum absolute atomic E-state index is 2.48. The molecule has 0 nitrogen and oxygen atoms in total. The second kappa shape index (κ2) is 9.29. The van der Waals surface area contributed by atoms with Gasteiger partial charge in [0.05, 0.1) is 0 Å². The average molecular weight is 469 g/mol. The lowest BCUT2D eigenvalue weighted by Gasteiger charge is -2.25. The van der Waals surface area contributed by atoms with Gasteiger partial charge in [0.2, 0.25) is 0 Å². The predicted molar refractivity (Wildman–Crippen MR) is 155 cm³/mol. The second-order valence-electron chi connectivity index (χ2n) is 9.29. The molecule has 35 heavy (non-hydrogen) atoms. The van der Waals surface area contributed by atoms with Gasteiger partial charge in [-0.1, -0.05) is 115 Å². The highest BCUT2D eigenvalue weighted by Crippen LogP contribution is 2.44. The van der Waals surface area contributed by atoms with Gasteiger partial charge in [0.15, 0.2) is 0 Å². The van der Waals surface area contributed by atoms with Gasteiger partial charge in [0.25, 0.3) is 0 Å². The first-order valence-corrected chi connectivity index (χ1v) is 13.8. The Balaban J connectivity index is 1.70. The van der Waals surface area contributed by atoms with Gasteiger partial charge in [0, 0.05) is 0 Å². The maximum Gasteiger partial charge on any atom is -0.00233 e. The van der Waals surface area contributed by atoms with Gasteiger partial charge in [-0.15, -0.1) is 0 Å². The fourth-order valence-corrected chi connectivity index (χ4v) is 8.00. The molecule has 0 N–H and O–H groups in total. The summed E-state index contributed by atoms with van der Waals surface area (Å²) in [5, 5.41) is 7.07. The molecule has 6 rings (SSSR count). The van der Waals surface area contributed by atoms with Crippen LogP contribution in [0.5, 0.6) is 0 Å². The molecule has 0 saturated heterocycles. The molecule has 1 aliphatic carbocycles. The minimum atomic E-state index is -0.701. The molecule has 5 aromatic carbocycles. The molecule has 0 spiro atoms. The van der Waals surface area contributed by atoms with Crippen molar-refractivity contribution in [3.63, 3.8) is 0 Å². The van der Waals surface area contributed by atoms with Gasteiger partial charge in [-0.25, -0.2) is 0 Å². The Morgan fingerprint density at radius 1 is 0.686 bits per heavy atom. The molecule has 0 aromatic heterocycles. The lowest BCUT2D eigenvalue weighted by atomic mass is 9.88. The zero-order valence-corrected chi connectivity index (χ0v) is 21.2. The van der Waals surface area contributed by atoms with Crippen molar-refractivity contribution in [1.29, 1.82) is 0 Å². The third-order valence-corrected chi connectivity index (χ3v) is 9.79. The molecule has 0 radical (unpaired) electrons. The van der Waals surface area contributed by atoms with Crippen molar-refractivity contribution in [2.45, 2.75) is 26.7 Å². The molecule has 170 valence electrons. The lowest BCUT2D eigenvalue weighted by Crippen LogP contribution is -2.22. The molecule has 1 aliphatic rings. The van der Waals surface area contributed by atoms with Crippen LogP contribution >= 0.6 is 7.92 Å². The van der Waals surface area contributed by atoms with Crippen molar-refractivity contribution < 1.29 is 0 Å². The van der Waals surface area contributed by atoms with Crippen molar-refractivity contribution in [2.75, 3.05) is 0 Å². The van der Waals surface area contributed by atoms with Crippen LogP contribution in [0.25, 0.3) is 27.5 Å². The van der Waals surface area contributed by atoms with E-state index in [0.29, 0.717) is 0 Å². The van der Waals surface area contributed by atoms with Crippen LogP contribution in [0, 0.1) is 0 Å². The van der Waals surface area contributed by atoms with Crippen molar-refractivity contribution in [2.24, 2.45) is 0 Å². The molecular formula is C34H29P. The largest absolute Gasteiger partial charge is 0.0841 e. The fraction of sp³-hybridized carbons (Fsp3) is 0.118. The van der Waals surface area contributed by atoms with Gasteiger partial charge < -0.3 is 0 Å². The SMILES string of the molecule is CC=C(C)c1cc2c3c(cccc3c1-c1ccccc1P(c1ccccc1)c1ccccc1)CC2. The first kappa shape index (κ1) is 22.0. The molecule has 1 heteroatoms. The van der Waals surface area contributed by atoms with Crippen LogP contribution in [-0.4, -0.2) is 0 Å². The van der Waals surface area contributed by atoms with Crippen LogP contribution in [0.15, 0.2) is 115 Å². The zero-order chi connectivity index (χ0) is 23.8. The Bertz CT molecular complexity index is 1510. The summed E-state index contributed by atoms with van der Waals surface area (Å²) in [5.74, 6) is 0. The Morgan fingerprint density at radius 2 is 1.31 bits per heavy atom. The van der Waals surface area contributed by atoms with Crippen LogP contribution in [0.1, 0.15) is 30.5 Å². The Hall–Kier alpha value is -3.47. The van der Waals surface area contributed by atoms with Crippen molar-refractivity contribution in [1.82, 2.24) is 0 Å². The summed E-state index contributed by atoms with van der Waals surface area (Å²) < 4.78 is 0. The maximum atomic E-state index is 2.48. The van der Waals surface area contributed by atoms with Crippen molar-refractivity contribution >= 4 is 40.2 Å². The molecule has 0 amide bonds. The molecule has 0 aliphatic heterocycles. The Kier molecular flexibility index (Phi) is 5.85. The van der Waals surface area contributed by atoms with Crippen LogP contribution in [0.3, 0.4) is 0 Å². The number of hydrogen-bond donors (Lipinski definition) is 0. The van der Waals surface area contributed by atoms with E-state index in [0.717, 1.165) is 12.8 Å². The van der Waals surface area contributed by atoms with E-state index >= 15 is 0 Å². The second-order valence-corrected chi connectivity index (χ2v) is 11.5. The van der Waals surface area contributed by atoms with Gasteiger partial charge in [-0.2, -0.15) is 0 Å². The summed E-state index contributed by atoms with van der Waals surface area (Å²) in [6.45, 7) is 4.42. The van der Waals surface area contributed by atoms with E-state index in [4.69, 9.17) is 0 Å². The first-order chi connectivity index (χ1) is 17.3. The van der Waals surface area contributed by atoms with E-state index in [-0.39, 0.29) is 0 Å². The smallest absolute Gasteiger partial charge is 0.00233 e. The molecule has 0 heterocycles. The molecule has 5 aromatic rings. The Morgan fingerprint density at radius 3 is 2.00 bits per heavy atom. The summed E-state index contributed by atoms with van der Waals surface area (Å²) in [6, 6.07) is 40.6. The summed E-state index contributed by atoms with van der Waals surface area (Å²) >= 11 is 0. The molecule has 0 saturated carbocycles. The lowest BCUT2D eigenvalue weighted by molar-refractivity contribution is 1.02. The third-order valence-electron chi connectivity index (χ3n) is 7.29.